The van der Waals surface area contributed by atoms with Gasteiger partial charge >= 0.3 is 5.97 Å². The van der Waals surface area contributed by atoms with Gasteiger partial charge in [0.05, 0.1) is 0 Å². The van der Waals surface area contributed by atoms with E-state index in [1.807, 2.05) is 24.3 Å². The normalized spacial score (nSPS) is 13.6. The molecular weight excluding hydrogens is 288 g/mol. The maximum absolute atomic E-state index is 10.6. The highest BCUT2D eigenvalue weighted by atomic mass is 79.9. The van der Waals surface area contributed by atoms with Crippen LogP contribution in [0.25, 0.3) is 6.08 Å². The number of hydrogen-bond donors (Lipinski definition) is 0. The molecule has 0 N–H and O–H groups in total. The van der Waals surface area contributed by atoms with Crippen LogP contribution in [0.15, 0.2) is 22.7 Å². The first-order chi connectivity index (χ1) is 8.15. The molecule has 5 heteroatoms. The van der Waals surface area contributed by atoms with Crippen LogP contribution in [-0.4, -0.2) is 19.4 Å². The number of benzene rings is 1. The van der Waals surface area contributed by atoms with Gasteiger partial charge < -0.3 is 14.2 Å². The molecule has 0 bridgehead atoms. The maximum atomic E-state index is 10.6. The zero-order valence-corrected chi connectivity index (χ0v) is 10.8. The summed E-state index contributed by atoms with van der Waals surface area (Å²) >= 11 is 3.34. The van der Waals surface area contributed by atoms with E-state index < -0.39 is 0 Å². The second-order valence-electron chi connectivity index (χ2n) is 3.48. The molecule has 0 radical (unpaired) electrons. The molecule has 1 aromatic rings. The van der Waals surface area contributed by atoms with Gasteiger partial charge in [-0.3, -0.25) is 4.79 Å². The van der Waals surface area contributed by atoms with Crippen molar-refractivity contribution in [1.82, 2.24) is 0 Å². The molecule has 1 aliphatic heterocycles. The second kappa shape index (κ2) is 5.23. The fourth-order valence-electron chi connectivity index (χ4n) is 1.40. The Morgan fingerprint density at radius 3 is 3.00 bits per heavy atom. The SMILES string of the molecule is CC(=O)OC/C(Br)=C/c1ccc2c(c1)OCO2. The topological polar surface area (TPSA) is 44.8 Å². The van der Waals surface area contributed by atoms with Crippen molar-refractivity contribution in [2.24, 2.45) is 0 Å². The van der Waals surface area contributed by atoms with E-state index in [-0.39, 0.29) is 19.4 Å². The third kappa shape index (κ3) is 3.23. The molecular formula is C12H11BrO4. The Balaban J connectivity index is 2.07. The van der Waals surface area contributed by atoms with Crippen molar-refractivity contribution in [1.29, 1.82) is 0 Å². The molecule has 0 fully saturated rings. The van der Waals surface area contributed by atoms with Crippen molar-refractivity contribution in [2.75, 3.05) is 13.4 Å². The number of halogens is 1. The highest BCUT2D eigenvalue weighted by Crippen LogP contribution is 2.33. The van der Waals surface area contributed by atoms with Crippen LogP contribution in [0.1, 0.15) is 12.5 Å². The van der Waals surface area contributed by atoms with E-state index >= 15 is 0 Å². The fraction of sp³-hybridized carbons (Fsp3) is 0.250. The van der Waals surface area contributed by atoms with Crippen LogP contribution in [0.2, 0.25) is 0 Å². The van der Waals surface area contributed by atoms with Crippen molar-refractivity contribution in [3.05, 3.63) is 28.2 Å². The van der Waals surface area contributed by atoms with Gasteiger partial charge in [0, 0.05) is 11.4 Å². The van der Waals surface area contributed by atoms with E-state index in [1.165, 1.54) is 6.92 Å². The summed E-state index contributed by atoms with van der Waals surface area (Å²) in [5.74, 6) is 1.17. The summed E-state index contributed by atoms with van der Waals surface area (Å²) in [6, 6.07) is 5.63. The fourth-order valence-corrected chi connectivity index (χ4v) is 1.77. The molecule has 1 heterocycles. The van der Waals surface area contributed by atoms with E-state index in [0.717, 1.165) is 21.5 Å². The molecule has 0 amide bonds. The Morgan fingerprint density at radius 2 is 2.24 bits per heavy atom. The second-order valence-corrected chi connectivity index (χ2v) is 4.50. The van der Waals surface area contributed by atoms with Crippen molar-refractivity contribution in [3.63, 3.8) is 0 Å². The average Bonchev–Trinajstić information content (AvgIpc) is 2.73. The summed E-state index contributed by atoms with van der Waals surface area (Å²) in [5.41, 5.74) is 0.952. The molecule has 2 rings (SSSR count). The summed E-state index contributed by atoms with van der Waals surface area (Å²) < 4.78 is 16.1. The predicted molar refractivity (Wildman–Crippen MR) is 66.1 cm³/mol. The molecule has 90 valence electrons. The summed E-state index contributed by atoms with van der Waals surface area (Å²) in [5, 5.41) is 0. The van der Waals surface area contributed by atoms with Gasteiger partial charge in [0.15, 0.2) is 11.5 Å². The highest BCUT2D eigenvalue weighted by molar-refractivity contribution is 9.11. The first kappa shape index (κ1) is 12.0. The molecule has 0 unspecified atom stereocenters. The summed E-state index contributed by atoms with van der Waals surface area (Å²) in [6.07, 6.45) is 1.87. The molecule has 1 aliphatic rings. The van der Waals surface area contributed by atoms with Gasteiger partial charge in [0.2, 0.25) is 6.79 Å². The van der Waals surface area contributed by atoms with Crippen LogP contribution in [0, 0.1) is 0 Å². The first-order valence-electron chi connectivity index (χ1n) is 5.04. The van der Waals surface area contributed by atoms with Crippen LogP contribution >= 0.6 is 15.9 Å². The molecule has 1 aromatic carbocycles. The van der Waals surface area contributed by atoms with E-state index in [4.69, 9.17) is 14.2 Å². The quantitative estimate of drug-likeness (QED) is 0.805. The lowest BCUT2D eigenvalue weighted by molar-refractivity contribution is -0.139. The molecule has 0 aromatic heterocycles. The summed E-state index contributed by atoms with van der Waals surface area (Å²) in [4.78, 5) is 10.6. The smallest absolute Gasteiger partial charge is 0.302 e. The largest absolute Gasteiger partial charge is 0.460 e. The van der Waals surface area contributed by atoms with E-state index in [1.54, 1.807) is 0 Å². The zero-order valence-electron chi connectivity index (χ0n) is 9.23. The minimum absolute atomic E-state index is 0.226. The monoisotopic (exact) mass is 298 g/mol. The lowest BCUT2D eigenvalue weighted by atomic mass is 10.2. The third-order valence-corrected chi connectivity index (χ3v) is 2.59. The van der Waals surface area contributed by atoms with Gasteiger partial charge in [-0.2, -0.15) is 0 Å². The Labute approximate surface area is 107 Å². The number of carbonyl (C=O) groups is 1. The minimum atomic E-state index is -0.305. The molecule has 4 nitrogen and oxygen atoms in total. The van der Waals surface area contributed by atoms with Gasteiger partial charge in [-0.1, -0.05) is 22.0 Å². The molecule has 0 aliphatic carbocycles. The average molecular weight is 299 g/mol. The Kier molecular flexibility index (Phi) is 3.68. The van der Waals surface area contributed by atoms with Gasteiger partial charge in [-0.15, -0.1) is 0 Å². The lowest BCUT2D eigenvalue weighted by Crippen LogP contribution is -1.99. The standard InChI is InChI=1S/C12H11BrO4/c1-8(14)15-6-10(13)4-9-2-3-11-12(5-9)17-7-16-11/h2-5H,6-7H2,1H3/b10-4-. The minimum Gasteiger partial charge on any atom is -0.460 e. The van der Waals surface area contributed by atoms with Crippen molar-refractivity contribution in [2.45, 2.75) is 6.92 Å². The molecule has 0 atom stereocenters. The van der Waals surface area contributed by atoms with Crippen LogP contribution in [0.4, 0.5) is 0 Å². The number of ether oxygens (including phenoxy) is 3. The number of fused-ring (bicyclic) bond motifs is 1. The predicted octanol–water partition coefficient (Wildman–Crippen LogP) is 2.71. The number of hydrogen-bond acceptors (Lipinski definition) is 4. The molecule has 0 saturated heterocycles. The van der Waals surface area contributed by atoms with Crippen LogP contribution in [0.5, 0.6) is 11.5 Å². The summed E-state index contributed by atoms with van der Waals surface area (Å²) in [6.45, 7) is 1.86. The van der Waals surface area contributed by atoms with Gasteiger partial charge in [-0.25, -0.2) is 0 Å². The third-order valence-electron chi connectivity index (χ3n) is 2.13. The van der Waals surface area contributed by atoms with E-state index in [0.29, 0.717) is 0 Å². The van der Waals surface area contributed by atoms with Gasteiger partial charge in [0.25, 0.3) is 0 Å². The maximum Gasteiger partial charge on any atom is 0.302 e. The molecule has 17 heavy (non-hydrogen) atoms. The summed E-state index contributed by atoms with van der Waals surface area (Å²) in [7, 11) is 0. The van der Waals surface area contributed by atoms with Crippen molar-refractivity contribution < 1.29 is 19.0 Å². The van der Waals surface area contributed by atoms with Crippen molar-refractivity contribution >= 4 is 28.0 Å². The van der Waals surface area contributed by atoms with E-state index in [2.05, 4.69) is 15.9 Å². The zero-order chi connectivity index (χ0) is 12.3. The number of rotatable bonds is 3. The van der Waals surface area contributed by atoms with Gasteiger partial charge in [-0.05, 0) is 23.8 Å². The Bertz CT molecular complexity index is 468. The lowest BCUT2D eigenvalue weighted by Gasteiger charge is -2.01. The van der Waals surface area contributed by atoms with Crippen LogP contribution < -0.4 is 9.47 Å². The number of esters is 1. The number of carbonyl (C=O) groups excluding carboxylic acids is 1. The Morgan fingerprint density at radius 1 is 1.47 bits per heavy atom. The Hall–Kier alpha value is -1.49. The van der Waals surface area contributed by atoms with Crippen LogP contribution in [0.3, 0.4) is 0 Å². The van der Waals surface area contributed by atoms with E-state index in [9.17, 15) is 4.79 Å². The first-order valence-corrected chi connectivity index (χ1v) is 5.83. The molecule has 0 saturated carbocycles. The highest BCUT2D eigenvalue weighted by Gasteiger charge is 2.12. The van der Waals surface area contributed by atoms with Gasteiger partial charge in [0.1, 0.15) is 6.61 Å². The van der Waals surface area contributed by atoms with Crippen LogP contribution in [-0.2, 0) is 9.53 Å². The molecule has 0 spiro atoms. The van der Waals surface area contributed by atoms with Crippen molar-refractivity contribution in [3.8, 4) is 11.5 Å².